The number of carbonyl (C=O) groups excluding carboxylic acids is 1. The summed E-state index contributed by atoms with van der Waals surface area (Å²) >= 11 is 0. The molecule has 94 valence electrons. The van der Waals surface area contributed by atoms with Crippen LogP contribution in [-0.4, -0.2) is 19.2 Å². The van der Waals surface area contributed by atoms with Gasteiger partial charge in [0.15, 0.2) is 0 Å². The van der Waals surface area contributed by atoms with E-state index in [4.69, 9.17) is 9.47 Å². The van der Waals surface area contributed by atoms with Crippen molar-refractivity contribution >= 4 is 5.97 Å². The third kappa shape index (κ3) is 6.74. The van der Waals surface area contributed by atoms with Crippen molar-refractivity contribution in [2.45, 2.75) is 32.8 Å². The highest BCUT2D eigenvalue weighted by molar-refractivity contribution is 5.69. The van der Waals surface area contributed by atoms with Crippen molar-refractivity contribution in [3.8, 4) is 0 Å². The number of hydrogen-bond acceptors (Lipinski definition) is 3. The second-order valence-electron chi connectivity index (χ2n) is 3.86. The highest BCUT2D eigenvalue weighted by atomic mass is 16.5. The molecule has 0 saturated heterocycles. The minimum atomic E-state index is -0.129. The summed E-state index contributed by atoms with van der Waals surface area (Å²) < 4.78 is 10.4. The smallest absolute Gasteiger partial charge is 0.305 e. The standard InChI is InChI=1S/C14H20O3/c1-2-10-17-14(15)9-6-11-16-12-13-7-4-3-5-8-13/h3-5,7-8H,2,6,9-12H2,1H3. The Morgan fingerprint density at radius 2 is 1.94 bits per heavy atom. The predicted molar refractivity (Wildman–Crippen MR) is 66.6 cm³/mol. The highest BCUT2D eigenvalue weighted by Crippen LogP contribution is 2.02. The molecule has 0 N–H and O–H groups in total. The summed E-state index contributed by atoms with van der Waals surface area (Å²) in [6, 6.07) is 10.00. The molecule has 17 heavy (non-hydrogen) atoms. The van der Waals surface area contributed by atoms with E-state index < -0.39 is 0 Å². The summed E-state index contributed by atoms with van der Waals surface area (Å²) in [4.78, 5) is 11.2. The van der Waals surface area contributed by atoms with Crippen molar-refractivity contribution in [1.29, 1.82) is 0 Å². The van der Waals surface area contributed by atoms with E-state index in [9.17, 15) is 4.79 Å². The Labute approximate surface area is 103 Å². The maximum Gasteiger partial charge on any atom is 0.305 e. The van der Waals surface area contributed by atoms with Crippen molar-refractivity contribution in [3.63, 3.8) is 0 Å². The Balaban J connectivity index is 1.99. The Hall–Kier alpha value is -1.35. The number of hydrogen-bond donors (Lipinski definition) is 0. The molecule has 3 heteroatoms. The van der Waals surface area contributed by atoms with Gasteiger partial charge in [-0.25, -0.2) is 0 Å². The Bertz CT molecular complexity index is 309. The van der Waals surface area contributed by atoms with E-state index in [0.717, 1.165) is 18.4 Å². The van der Waals surface area contributed by atoms with Gasteiger partial charge in [-0.05, 0) is 18.4 Å². The molecule has 1 rings (SSSR count). The van der Waals surface area contributed by atoms with Gasteiger partial charge < -0.3 is 9.47 Å². The second kappa shape index (κ2) is 8.76. The van der Waals surface area contributed by atoms with Gasteiger partial charge in [-0.3, -0.25) is 4.79 Å². The lowest BCUT2D eigenvalue weighted by atomic mass is 10.2. The van der Waals surface area contributed by atoms with Gasteiger partial charge in [-0.15, -0.1) is 0 Å². The summed E-state index contributed by atoms with van der Waals surface area (Å²) in [6.07, 6.45) is 2.03. The zero-order valence-corrected chi connectivity index (χ0v) is 10.4. The van der Waals surface area contributed by atoms with E-state index in [2.05, 4.69) is 0 Å². The van der Waals surface area contributed by atoms with E-state index in [1.165, 1.54) is 0 Å². The molecule has 0 fully saturated rings. The van der Waals surface area contributed by atoms with Gasteiger partial charge in [0.25, 0.3) is 0 Å². The van der Waals surface area contributed by atoms with Gasteiger partial charge in [-0.1, -0.05) is 37.3 Å². The summed E-state index contributed by atoms with van der Waals surface area (Å²) in [5.74, 6) is -0.129. The summed E-state index contributed by atoms with van der Waals surface area (Å²) in [5, 5.41) is 0. The molecule has 0 atom stereocenters. The minimum Gasteiger partial charge on any atom is -0.466 e. The Morgan fingerprint density at radius 3 is 2.65 bits per heavy atom. The van der Waals surface area contributed by atoms with Crippen molar-refractivity contribution in [3.05, 3.63) is 35.9 Å². The fraction of sp³-hybridized carbons (Fsp3) is 0.500. The van der Waals surface area contributed by atoms with Crippen LogP contribution in [0.25, 0.3) is 0 Å². The van der Waals surface area contributed by atoms with Crippen molar-refractivity contribution in [2.75, 3.05) is 13.2 Å². The molecule has 3 nitrogen and oxygen atoms in total. The molecule has 0 aliphatic heterocycles. The van der Waals surface area contributed by atoms with Crippen LogP contribution < -0.4 is 0 Å². The van der Waals surface area contributed by atoms with E-state index in [1.54, 1.807) is 0 Å². The highest BCUT2D eigenvalue weighted by Gasteiger charge is 2.01. The molecule has 0 aromatic heterocycles. The van der Waals surface area contributed by atoms with Crippen LogP contribution in [0.4, 0.5) is 0 Å². The van der Waals surface area contributed by atoms with Crippen molar-refractivity contribution < 1.29 is 14.3 Å². The largest absolute Gasteiger partial charge is 0.466 e. The van der Waals surface area contributed by atoms with E-state index >= 15 is 0 Å². The molecule has 0 aliphatic carbocycles. The average Bonchev–Trinajstić information content (AvgIpc) is 2.37. The Kier molecular flexibility index (Phi) is 7.07. The zero-order chi connectivity index (χ0) is 12.3. The van der Waals surface area contributed by atoms with Crippen LogP contribution >= 0.6 is 0 Å². The average molecular weight is 236 g/mol. The maximum absolute atomic E-state index is 11.2. The van der Waals surface area contributed by atoms with E-state index in [0.29, 0.717) is 26.2 Å². The van der Waals surface area contributed by atoms with Gasteiger partial charge in [0, 0.05) is 13.0 Å². The first-order chi connectivity index (χ1) is 8.33. The van der Waals surface area contributed by atoms with Crippen molar-refractivity contribution in [1.82, 2.24) is 0 Å². The lowest BCUT2D eigenvalue weighted by Gasteiger charge is -2.04. The minimum absolute atomic E-state index is 0.129. The number of esters is 1. The van der Waals surface area contributed by atoms with Crippen LogP contribution in [0.5, 0.6) is 0 Å². The molecular formula is C14H20O3. The maximum atomic E-state index is 11.2. The molecule has 0 amide bonds. The molecule has 0 saturated carbocycles. The second-order valence-corrected chi connectivity index (χ2v) is 3.86. The normalized spacial score (nSPS) is 10.2. The van der Waals surface area contributed by atoms with Crippen LogP contribution in [-0.2, 0) is 20.9 Å². The molecule has 0 heterocycles. The third-order valence-electron chi connectivity index (χ3n) is 2.25. The van der Waals surface area contributed by atoms with Crippen LogP contribution in [0.3, 0.4) is 0 Å². The SMILES string of the molecule is CCCOC(=O)CCCOCc1ccccc1. The lowest BCUT2D eigenvalue weighted by Crippen LogP contribution is -2.06. The van der Waals surface area contributed by atoms with Crippen LogP contribution in [0.1, 0.15) is 31.7 Å². The van der Waals surface area contributed by atoms with Gasteiger partial charge >= 0.3 is 5.97 Å². The lowest BCUT2D eigenvalue weighted by molar-refractivity contribution is -0.144. The zero-order valence-electron chi connectivity index (χ0n) is 10.4. The van der Waals surface area contributed by atoms with Gasteiger partial charge in [0.1, 0.15) is 0 Å². The third-order valence-corrected chi connectivity index (χ3v) is 2.25. The van der Waals surface area contributed by atoms with Gasteiger partial charge in [0.2, 0.25) is 0 Å². The van der Waals surface area contributed by atoms with Crippen LogP contribution in [0.2, 0.25) is 0 Å². The molecule has 0 aliphatic rings. The first-order valence-corrected chi connectivity index (χ1v) is 6.10. The number of carbonyl (C=O) groups is 1. The molecule has 0 unspecified atom stereocenters. The van der Waals surface area contributed by atoms with Crippen LogP contribution in [0, 0.1) is 0 Å². The first-order valence-electron chi connectivity index (χ1n) is 6.10. The van der Waals surface area contributed by atoms with Gasteiger partial charge in [0.05, 0.1) is 13.2 Å². The summed E-state index contributed by atoms with van der Waals surface area (Å²) in [6.45, 7) is 3.70. The van der Waals surface area contributed by atoms with E-state index in [1.807, 2.05) is 37.3 Å². The summed E-state index contributed by atoms with van der Waals surface area (Å²) in [7, 11) is 0. The molecule has 0 radical (unpaired) electrons. The van der Waals surface area contributed by atoms with Crippen molar-refractivity contribution in [2.24, 2.45) is 0 Å². The molecule has 1 aromatic rings. The number of rotatable bonds is 8. The fourth-order valence-corrected chi connectivity index (χ4v) is 1.37. The monoisotopic (exact) mass is 236 g/mol. The van der Waals surface area contributed by atoms with Gasteiger partial charge in [-0.2, -0.15) is 0 Å². The molecule has 0 spiro atoms. The summed E-state index contributed by atoms with van der Waals surface area (Å²) in [5.41, 5.74) is 1.15. The molecular weight excluding hydrogens is 216 g/mol. The molecule has 1 aromatic carbocycles. The fourth-order valence-electron chi connectivity index (χ4n) is 1.37. The quantitative estimate of drug-likeness (QED) is 0.514. The van der Waals surface area contributed by atoms with E-state index in [-0.39, 0.29) is 5.97 Å². The number of benzene rings is 1. The number of ether oxygens (including phenoxy) is 2. The van der Waals surface area contributed by atoms with Crippen LogP contribution in [0.15, 0.2) is 30.3 Å². The predicted octanol–water partition coefficient (Wildman–Crippen LogP) is 2.94. The Morgan fingerprint density at radius 1 is 1.18 bits per heavy atom. The molecule has 0 bridgehead atoms. The first kappa shape index (κ1) is 13.7. The topological polar surface area (TPSA) is 35.5 Å².